The Bertz CT molecular complexity index is 1150. The highest BCUT2D eigenvalue weighted by atomic mass is 16.5. The Morgan fingerprint density at radius 2 is 1.74 bits per heavy atom. The first-order valence-corrected chi connectivity index (χ1v) is 11.4. The monoisotopic (exact) mass is 466 g/mol. The number of benzene rings is 2. The number of anilines is 1. The lowest BCUT2D eigenvalue weighted by molar-refractivity contribution is 0.102. The van der Waals surface area contributed by atoms with Crippen LogP contribution in [0.4, 0.5) is 5.69 Å². The quantitative estimate of drug-likeness (QED) is 0.429. The Labute approximate surface area is 201 Å². The van der Waals surface area contributed by atoms with Crippen molar-refractivity contribution in [2.24, 2.45) is 0 Å². The SMILES string of the molecule is CCCCOc1ccc(C(C)(C)C)cc1NC(=O)c1nnn(-c2ccc(OC)c(OC)c2)c1C. The molecule has 0 radical (unpaired) electrons. The van der Waals surface area contributed by atoms with Crippen molar-refractivity contribution in [3.63, 3.8) is 0 Å². The normalized spacial score (nSPS) is 11.3. The second-order valence-corrected chi connectivity index (χ2v) is 9.09. The summed E-state index contributed by atoms with van der Waals surface area (Å²) in [5, 5.41) is 11.3. The maximum Gasteiger partial charge on any atom is 0.278 e. The molecule has 3 rings (SSSR count). The average molecular weight is 467 g/mol. The van der Waals surface area contributed by atoms with E-state index in [4.69, 9.17) is 14.2 Å². The van der Waals surface area contributed by atoms with Crippen LogP contribution in [-0.2, 0) is 5.41 Å². The van der Waals surface area contributed by atoms with E-state index in [0.717, 1.165) is 18.4 Å². The Balaban J connectivity index is 1.91. The van der Waals surface area contributed by atoms with Crippen molar-refractivity contribution in [2.75, 3.05) is 26.1 Å². The van der Waals surface area contributed by atoms with Crippen LogP contribution in [0, 0.1) is 6.92 Å². The van der Waals surface area contributed by atoms with E-state index in [1.54, 1.807) is 38.0 Å². The third-order valence-corrected chi connectivity index (χ3v) is 5.57. The van der Waals surface area contributed by atoms with Crippen molar-refractivity contribution in [2.45, 2.75) is 52.9 Å². The van der Waals surface area contributed by atoms with Gasteiger partial charge in [-0.15, -0.1) is 5.10 Å². The summed E-state index contributed by atoms with van der Waals surface area (Å²) in [5.41, 5.74) is 3.18. The van der Waals surface area contributed by atoms with Crippen LogP contribution in [0.1, 0.15) is 62.3 Å². The molecule has 1 heterocycles. The summed E-state index contributed by atoms with van der Waals surface area (Å²) in [6, 6.07) is 11.3. The number of carbonyl (C=O) groups excluding carboxylic acids is 1. The number of nitrogens with zero attached hydrogens (tertiary/aromatic N) is 3. The van der Waals surface area contributed by atoms with Crippen molar-refractivity contribution in [1.29, 1.82) is 0 Å². The van der Waals surface area contributed by atoms with Crippen LogP contribution in [0.2, 0.25) is 0 Å². The van der Waals surface area contributed by atoms with Crippen LogP contribution >= 0.6 is 0 Å². The Kier molecular flexibility index (Phi) is 7.81. The molecule has 182 valence electrons. The lowest BCUT2D eigenvalue weighted by Gasteiger charge is -2.21. The van der Waals surface area contributed by atoms with Gasteiger partial charge in [0, 0.05) is 6.07 Å². The van der Waals surface area contributed by atoms with E-state index in [1.807, 2.05) is 24.3 Å². The van der Waals surface area contributed by atoms with E-state index in [0.29, 0.717) is 40.9 Å². The molecule has 1 N–H and O–H groups in total. The summed E-state index contributed by atoms with van der Waals surface area (Å²) in [6.07, 6.45) is 1.97. The number of ether oxygens (including phenoxy) is 3. The zero-order chi connectivity index (χ0) is 24.9. The molecular formula is C26H34N4O4. The summed E-state index contributed by atoms with van der Waals surface area (Å²) in [6.45, 7) is 10.9. The number of unbranched alkanes of at least 4 members (excludes halogenated alkanes) is 1. The lowest BCUT2D eigenvalue weighted by atomic mass is 9.87. The van der Waals surface area contributed by atoms with Crippen LogP contribution in [-0.4, -0.2) is 41.7 Å². The summed E-state index contributed by atoms with van der Waals surface area (Å²) in [5.74, 6) is 1.46. The zero-order valence-corrected chi connectivity index (χ0v) is 21.1. The molecule has 8 nitrogen and oxygen atoms in total. The van der Waals surface area contributed by atoms with Gasteiger partial charge in [-0.2, -0.15) is 0 Å². The second kappa shape index (κ2) is 10.6. The number of aromatic nitrogens is 3. The van der Waals surface area contributed by atoms with Gasteiger partial charge >= 0.3 is 0 Å². The third-order valence-electron chi connectivity index (χ3n) is 5.57. The Hall–Kier alpha value is -3.55. The average Bonchev–Trinajstić information content (AvgIpc) is 3.20. The molecule has 0 atom stereocenters. The van der Waals surface area contributed by atoms with Crippen molar-refractivity contribution in [3.05, 3.63) is 53.3 Å². The minimum atomic E-state index is -0.351. The molecule has 0 saturated carbocycles. The molecule has 8 heteroatoms. The molecule has 0 aliphatic carbocycles. The molecule has 0 saturated heterocycles. The fraction of sp³-hybridized carbons (Fsp3) is 0.423. The van der Waals surface area contributed by atoms with Crippen LogP contribution in [0.15, 0.2) is 36.4 Å². The van der Waals surface area contributed by atoms with Crippen LogP contribution < -0.4 is 19.5 Å². The van der Waals surface area contributed by atoms with Gasteiger partial charge in [0.1, 0.15) is 5.75 Å². The summed E-state index contributed by atoms with van der Waals surface area (Å²) >= 11 is 0. The molecule has 0 spiro atoms. The van der Waals surface area contributed by atoms with E-state index in [1.165, 1.54) is 0 Å². The molecule has 0 fully saturated rings. The Morgan fingerprint density at radius 3 is 2.38 bits per heavy atom. The first kappa shape index (κ1) is 25.1. The molecule has 34 heavy (non-hydrogen) atoms. The van der Waals surface area contributed by atoms with E-state index < -0.39 is 0 Å². The predicted molar refractivity (Wildman–Crippen MR) is 133 cm³/mol. The van der Waals surface area contributed by atoms with E-state index in [2.05, 4.69) is 43.3 Å². The van der Waals surface area contributed by atoms with Gasteiger partial charge in [0.25, 0.3) is 5.91 Å². The molecule has 0 aliphatic rings. The van der Waals surface area contributed by atoms with Crippen molar-refractivity contribution >= 4 is 11.6 Å². The summed E-state index contributed by atoms with van der Waals surface area (Å²) in [7, 11) is 3.15. The molecule has 0 aliphatic heterocycles. The molecule has 0 unspecified atom stereocenters. The number of hydrogen-bond donors (Lipinski definition) is 1. The highest BCUT2D eigenvalue weighted by molar-refractivity contribution is 6.04. The molecule has 2 aromatic carbocycles. The van der Waals surface area contributed by atoms with Gasteiger partial charge in [0.2, 0.25) is 0 Å². The minimum Gasteiger partial charge on any atom is -0.493 e. The molecule has 1 aromatic heterocycles. The number of methoxy groups -OCH3 is 2. The van der Waals surface area contributed by atoms with Gasteiger partial charge in [-0.25, -0.2) is 4.68 Å². The predicted octanol–water partition coefficient (Wildman–Crippen LogP) is 5.32. The molecule has 1 amide bonds. The van der Waals surface area contributed by atoms with Gasteiger partial charge in [-0.3, -0.25) is 4.79 Å². The van der Waals surface area contributed by atoms with E-state index >= 15 is 0 Å². The van der Waals surface area contributed by atoms with Gasteiger partial charge in [-0.1, -0.05) is 45.4 Å². The van der Waals surface area contributed by atoms with Crippen LogP contribution in [0.25, 0.3) is 5.69 Å². The highest BCUT2D eigenvalue weighted by Gasteiger charge is 2.22. The zero-order valence-electron chi connectivity index (χ0n) is 21.1. The van der Waals surface area contributed by atoms with Gasteiger partial charge < -0.3 is 19.5 Å². The number of hydrogen-bond acceptors (Lipinski definition) is 6. The topological polar surface area (TPSA) is 87.5 Å². The first-order valence-electron chi connectivity index (χ1n) is 11.4. The van der Waals surface area contributed by atoms with E-state index in [9.17, 15) is 4.79 Å². The van der Waals surface area contributed by atoms with Crippen molar-refractivity contribution < 1.29 is 19.0 Å². The standard InChI is InChI=1S/C26H34N4O4/c1-8-9-14-34-21-12-10-18(26(3,4)5)15-20(21)27-25(31)24-17(2)30(29-28-24)19-11-13-22(32-6)23(16-19)33-7/h10-13,15-16H,8-9,14H2,1-7H3,(H,27,31). The maximum atomic E-state index is 13.2. The molecular weight excluding hydrogens is 432 g/mol. The second-order valence-electron chi connectivity index (χ2n) is 9.09. The minimum absolute atomic E-state index is 0.0755. The fourth-order valence-corrected chi connectivity index (χ4v) is 3.47. The maximum absolute atomic E-state index is 13.2. The highest BCUT2D eigenvalue weighted by Crippen LogP contribution is 2.33. The molecule has 0 bridgehead atoms. The summed E-state index contributed by atoms with van der Waals surface area (Å²) < 4.78 is 18.2. The number of amides is 1. The fourth-order valence-electron chi connectivity index (χ4n) is 3.47. The van der Waals surface area contributed by atoms with Crippen molar-refractivity contribution in [1.82, 2.24) is 15.0 Å². The van der Waals surface area contributed by atoms with Crippen LogP contribution in [0.5, 0.6) is 17.2 Å². The third kappa shape index (κ3) is 5.50. The largest absolute Gasteiger partial charge is 0.493 e. The first-order chi connectivity index (χ1) is 16.2. The number of carbonyl (C=O) groups is 1. The summed E-state index contributed by atoms with van der Waals surface area (Å²) in [4.78, 5) is 13.2. The number of nitrogens with one attached hydrogen (secondary N) is 1. The Morgan fingerprint density at radius 1 is 1.03 bits per heavy atom. The van der Waals surface area contributed by atoms with E-state index in [-0.39, 0.29) is 17.0 Å². The van der Waals surface area contributed by atoms with Crippen LogP contribution in [0.3, 0.4) is 0 Å². The lowest BCUT2D eigenvalue weighted by Crippen LogP contribution is -2.17. The van der Waals surface area contributed by atoms with Gasteiger partial charge in [-0.05, 0) is 48.6 Å². The molecule has 3 aromatic rings. The number of rotatable bonds is 9. The smallest absolute Gasteiger partial charge is 0.278 e. The van der Waals surface area contributed by atoms with Gasteiger partial charge in [0.05, 0.1) is 37.9 Å². The van der Waals surface area contributed by atoms with Crippen molar-refractivity contribution in [3.8, 4) is 22.9 Å². The van der Waals surface area contributed by atoms with Gasteiger partial charge in [0.15, 0.2) is 17.2 Å².